The van der Waals surface area contributed by atoms with E-state index in [4.69, 9.17) is 18.0 Å². The zero-order valence-electron chi connectivity index (χ0n) is 18.7. The van der Waals surface area contributed by atoms with Crippen LogP contribution in [0.3, 0.4) is 0 Å². The Hall–Kier alpha value is -3.50. The number of carbonyl (C=O) groups is 1. The number of rotatable bonds is 6. The summed E-state index contributed by atoms with van der Waals surface area (Å²) in [7, 11) is 0. The van der Waals surface area contributed by atoms with Crippen LogP contribution in [-0.2, 0) is 16.6 Å². The number of anilines is 1. The molecule has 0 spiro atoms. The number of aliphatic hydroxyl groups is 1. The number of nitrogens with one attached hydrogen (secondary N) is 1. The molecule has 0 bridgehead atoms. The number of terminal acetylenes is 1. The van der Waals surface area contributed by atoms with Gasteiger partial charge in [0.05, 0.1) is 5.02 Å². The average molecular weight is 456 g/mol. The number of hydrogen-bond donors (Lipinski definition) is 2. The van der Waals surface area contributed by atoms with E-state index in [1.54, 1.807) is 18.2 Å². The van der Waals surface area contributed by atoms with Gasteiger partial charge in [-0.25, -0.2) is 0 Å². The Kier molecular flexibility index (Phi) is 7.62. The number of benzene rings is 3. The van der Waals surface area contributed by atoms with Crippen molar-refractivity contribution in [3.63, 3.8) is 0 Å². The van der Waals surface area contributed by atoms with Crippen molar-refractivity contribution in [1.29, 1.82) is 0 Å². The van der Waals surface area contributed by atoms with E-state index >= 15 is 0 Å². The van der Waals surface area contributed by atoms with Gasteiger partial charge in [0, 0.05) is 24.1 Å². The Morgan fingerprint density at radius 2 is 1.67 bits per heavy atom. The Bertz CT molecular complexity index is 1220. The topological polar surface area (TPSA) is 49.3 Å². The minimum Gasteiger partial charge on any atom is -0.369 e. The third-order valence-electron chi connectivity index (χ3n) is 5.44. The lowest BCUT2D eigenvalue weighted by Gasteiger charge is -2.32. The highest BCUT2D eigenvalue weighted by Gasteiger charge is 2.40. The van der Waals surface area contributed by atoms with E-state index in [0.29, 0.717) is 22.7 Å². The number of halogens is 1. The van der Waals surface area contributed by atoms with Crippen LogP contribution >= 0.6 is 11.6 Å². The first kappa shape index (κ1) is 24.1. The van der Waals surface area contributed by atoms with Crippen molar-refractivity contribution in [2.75, 3.05) is 5.32 Å². The fourth-order valence-electron chi connectivity index (χ4n) is 3.64. The normalized spacial score (nSPS) is 12.6. The van der Waals surface area contributed by atoms with Crippen molar-refractivity contribution in [2.24, 2.45) is 0 Å². The highest BCUT2D eigenvalue weighted by atomic mass is 35.5. The molecule has 0 radical (unpaired) electrons. The molecule has 0 saturated carbocycles. The highest BCUT2D eigenvalue weighted by Crippen LogP contribution is 2.33. The molecule has 4 heteroatoms. The standard InChI is InChI=1S/C29H26ClNO2/c1-4-23-17-18-25(20-26(23)30)31-27(32)29(33,19-11-14-22-12-7-5-8-13-22)21-28(2,3)24-15-9-6-10-16-24/h1,5-10,12-13,15-18,20,33H,14,21H2,2-3H3,(H,31,32). The summed E-state index contributed by atoms with van der Waals surface area (Å²) in [6.45, 7) is 3.97. The van der Waals surface area contributed by atoms with Crippen LogP contribution in [0.1, 0.15) is 37.0 Å². The zero-order chi connectivity index (χ0) is 23.9. The lowest BCUT2D eigenvalue weighted by atomic mass is 9.75. The second-order valence-electron chi connectivity index (χ2n) is 8.54. The van der Waals surface area contributed by atoms with Gasteiger partial charge in [0.2, 0.25) is 5.60 Å². The first-order chi connectivity index (χ1) is 15.7. The summed E-state index contributed by atoms with van der Waals surface area (Å²) in [6.07, 6.45) is 5.95. The van der Waals surface area contributed by atoms with Crippen molar-refractivity contribution in [2.45, 2.75) is 37.7 Å². The Labute approximate surface area is 200 Å². The highest BCUT2D eigenvalue weighted by molar-refractivity contribution is 6.32. The van der Waals surface area contributed by atoms with Crippen LogP contribution in [0.2, 0.25) is 5.02 Å². The molecule has 3 rings (SSSR count). The van der Waals surface area contributed by atoms with Crippen LogP contribution < -0.4 is 5.32 Å². The maximum atomic E-state index is 13.3. The van der Waals surface area contributed by atoms with Gasteiger partial charge in [-0.1, -0.05) is 104 Å². The van der Waals surface area contributed by atoms with Crippen LogP contribution in [0, 0.1) is 24.2 Å². The monoisotopic (exact) mass is 455 g/mol. The van der Waals surface area contributed by atoms with Crippen LogP contribution in [0.25, 0.3) is 0 Å². The van der Waals surface area contributed by atoms with E-state index in [1.165, 1.54) is 0 Å². The molecule has 0 fully saturated rings. The third-order valence-corrected chi connectivity index (χ3v) is 5.75. The van der Waals surface area contributed by atoms with Gasteiger partial charge in [0.1, 0.15) is 0 Å². The minimum atomic E-state index is -1.93. The molecule has 3 aromatic rings. The van der Waals surface area contributed by atoms with Gasteiger partial charge in [-0.3, -0.25) is 4.79 Å². The molecule has 0 aromatic heterocycles. The molecule has 2 N–H and O–H groups in total. The average Bonchev–Trinajstić information content (AvgIpc) is 2.80. The van der Waals surface area contributed by atoms with Gasteiger partial charge in [-0.15, -0.1) is 6.42 Å². The molecule has 1 unspecified atom stereocenters. The van der Waals surface area contributed by atoms with E-state index < -0.39 is 16.9 Å². The molecule has 1 atom stereocenters. The predicted octanol–water partition coefficient (Wildman–Crippen LogP) is 5.60. The van der Waals surface area contributed by atoms with Gasteiger partial charge in [-0.2, -0.15) is 0 Å². The van der Waals surface area contributed by atoms with E-state index in [0.717, 1.165) is 11.1 Å². The lowest BCUT2D eigenvalue weighted by molar-refractivity contribution is -0.130. The van der Waals surface area contributed by atoms with Gasteiger partial charge in [0.15, 0.2) is 0 Å². The maximum Gasteiger partial charge on any atom is 0.269 e. The second-order valence-corrected chi connectivity index (χ2v) is 8.95. The largest absolute Gasteiger partial charge is 0.369 e. The summed E-state index contributed by atoms with van der Waals surface area (Å²) in [5, 5.41) is 14.6. The summed E-state index contributed by atoms with van der Waals surface area (Å²) in [6, 6.07) is 24.3. The summed E-state index contributed by atoms with van der Waals surface area (Å²) >= 11 is 6.18. The summed E-state index contributed by atoms with van der Waals surface area (Å²) in [5.41, 5.74) is 0.530. The van der Waals surface area contributed by atoms with Crippen molar-refractivity contribution in [3.8, 4) is 24.2 Å². The molecular formula is C29H26ClNO2. The van der Waals surface area contributed by atoms with Crippen LogP contribution in [0.4, 0.5) is 5.69 Å². The van der Waals surface area contributed by atoms with Gasteiger partial charge < -0.3 is 10.4 Å². The summed E-state index contributed by atoms with van der Waals surface area (Å²) < 4.78 is 0. The zero-order valence-corrected chi connectivity index (χ0v) is 19.5. The molecule has 0 aliphatic heterocycles. The van der Waals surface area contributed by atoms with Crippen LogP contribution in [-0.4, -0.2) is 16.6 Å². The molecule has 166 valence electrons. The minimum absolute atomic E-state index is 0.105. The van der Waals surface area contributed by atoms with Crippen molar-refractivity contribution >= 4 is 23.2 Å². The molecule has 0 heterocycles. The van der Waals surface area contributed by atoms with E-state index in [9.17, 15) is 9.90 Å². The third kappa shape index (κ3) is 6.27. The maximum absolute atomic E-state index is 13.3. The predicted molar refractivity (Wildman–Crippen MR) is 135 cm³/mol. The quantitative estimate of drug-likeness (QED) is 0.475. The first-order valence-electron chi connectivity index (χ1n) is 10.6. The van der Waals surface area contributed by atoms with E-state index in [-0.39, 0.29) is 6.42 Å². The molecule has 0 saturated heterocycles. The summed E-state index contributed by atoms with van der Waals surface area (Å²) in [5.74, 6) is 7.72. The van der Waals surface area contributed by atoms with Crippen molar-refractivity contribution < 1.29 is 9.90 Å². The SMILES string of the molecule is C#Cc1ccc(NC(=O)C(O)(C#CCc2ccccc2)CC(C)(C)c2ccccc2)cc1Cl. The van der Waals surface area contributed by atoms with Crippen molar-refractivity contribution in [1.82, 2.24) is 0 Å². The number of hydrogen-bond acceptors (Lipinski definition) is 2. The van der Waals surface area contributed by atoms with Crippen LogP contribution in [0.15, 0.2) is 78.9 Å². The second kappa shape index (κ2) is 10.4. The van der Waals surface area contributed by atoms with Crippen molar-refractivity contribution in [3.05, 3.63) is 101 Å². The lowest BCUT2D eigenvalue weighted by Crippen LogP contribution is -2.46. The molecule has 33 heavy (non-hydrogen) atoms. The van der Waals surface area contributed by atoms with E-state index in [1.807, 2.05) is 74.5 Å². The fourth-order valence-corrected chi connectivity index (χ4v) is 3.88. The Balaban J connectivity index is 1.91. The Morgan fingerprint density at radius 3 is 2.27 bits per heavy atom. The van der Waals surface area contributed by atoms with Gasteiger partial charge in [-0.05, 0) is 34.7 Å². The van der Waals surface area contributed by atoms with E-state index in [2.05, 4.69) is 23.1 Å². The molecule has 3 nitrogen and oxygen atoms in total. The fraction of sp³-hybridized carbons (Fsp3) is 0.207. The molecule has 3 aromatic carbocycles. The molecule has 0 aliphatic rings. The van der Waals surface area contributed by atoms with Gasteiger partial charge >= 0.3 is 0 Å². The van der Waals surface area contributed by atoms with Crippen LogP contribution in [0.5, 0.6) is 0 Å². The summed E-state index contributed by atoms with van der Waals surface area (Å²) in [4.78, 5) is 13.3. The smallest absolute Gasteiger partial charge is 0.269 e. The van der Waals surface area contributed by atoms with Gasteiger partial charge in [0.25, 0.3) is 5.91 Å². The Morgan fingerprint density at radius 1 is 1.03 bits per heavy atom. The number of carbonyl (C=O) groups excluding carboxylic acids is 1. The molecule has 0 aliphatic carbocycles. The number of amides is 1. The molecule has 1 amide bonds. The molecular weight excluding hydrogens is 430 g/mol. The first-order valence-corrected chi connectivity index (χ1v) is 11.0.